The Morgan fingerprint density at radius 1 is 0.696 bits per heavy atom. The zero-order chi connectivity index (χ0) is 15.0. The molecular formula is C20H39BrN2. The highest BCUT2D eigenvalue weighted by atomic mass is 79.9. The summed E-state index contributed by atoms with van der Waals surface area (Å²) in [6.45, 7) is 2.29. The molecular weight excluding hydrogens is 348 g/mol. The van der Waals surface area contributed by atoms with Crippen molar-refractivity contribution < 1.29 is 0 Å². The Kier molecular flexibility index (Phi) is 21.2. The molecule has 0 saturated carbocycles. The number of unbranched alkanes of at least 4 members (excludes halogenated alkanes) is 12. The fourth-order valence-electron chi connectivity index (χ4n) is 2.87. The highest BCUT2D eigenvalue weighted by Gasteiger charge is 1.95. The van der Waals surface area contributed by atoms with E-state index in [1.165, 1.54) is 89.2 Å². The molecule has 0 aromatic carbocycles. The number of pyridine rings is 1. The van der Waals surface area contributed by atoms with E-state index in [-0.39, 0.29) is 23.1 Å². The molecule has 1 aromatic heterocycles. The first kappa shape index (κ1) is 24.8. The Labute approximate surface area is 155 Å². The van der Waals surface area contributed by atoms with Crippen LogP contribution in [0.25, 0.3) is 0 Å². The monoisotopic (exact) mass is 386 g/mol. The number of aromatic nitrogens is 1. The highest BCUT2D eigenvalue weighted by Crippen LogP contribution is 2.13. The van der Waals surface area contributed by atoms with Crippen LogP contribution < -0.4 is 6.15 Å². The van der Waals surface area contributed by atoms with Gasteiger partial charge < -0.3 is 6.15 Å². The highest BCUT2D eigenvalue weighted by molar-refractivity contribution is 8.93. The lowest BCUT2D eigenvalue weighted by molar-refractivity contribution is 0.539. The maximum atomic E-state index is 4.37. The maximum Gasteiger partial charge on any atom is 0.0403 e. The van der Waals surface area contributed by atoms with Crippen LogP contribution in [-0.2, 0) is 6.42 Å². The largest absolute Gasteiger partial charge is 0.344 e. The predicted molar refractivity (Wildman–Crippen MR) is 109 cm³/mol. The average Bonchev–Trinajstić information content (AvgIpc) is 2.53. The van der Waals surface area contributed by atoms with E-state index in [0.717, 1.165) is 6.42 Å². The Morgan fingerprint density at radius 2 is 1.17 bits per heavy atom. The molecule has 1 heterocycles. The van der Waals surface area contributed by atoms with E-state index in [0.29, 0.717) is 0 Å². The van der Waals surface area contributed by atoms with Gasteiger partial charge in [0, 0.05) is 11.9 Å². The van der Waals surface area contributed by atoms with Crippen LogP contribution in [0, 0.1) is 0 Å². The van der Waals surface area contributed by atoms with Crippen LogP contribution in [0.2, 0.25) is 0 Å². The molecule has 0 atom stereocenters. The number of halogens is 1. The Balaban J connectivity index is 0. The van der Waals surface area contributed by atoms with Gasteiger partial charge in [0.05, 0.1) is 0 Å². The molecule has 1 rings (SSSR count). The molecule has 1 aromatic rings. The molecule has 0 aliphatic carbocycles. The summed E-state index contributed by atoms with van der Waals surface area (Å²) in [5.74, 6) is 0. The maximum absolute atomic E-state index is 4.37. The summed E-state index contributed by atoms with van der Waals surface area (Å²) in [4.78, 5) is 4.37. The number of hydrogen-bond acceptors (Lipinski definition) is 2. The minimum Gasteiger partial charge on any atom is -0.344 e. The zero-order valence-corrected chi connectivity index (χ0v) is 17.0. The van der Waals surface area contributed by atoms with Gasteiger partial charge in [-0.15, -0.1) is 17.0 Å². The fourth-order valence-corrected chi connectivity index (χ4v) is 2.87. The van der Waals surface area contributed by atoms with E-state index in [4.69, 9.17) is 0 Å². The van der Waals surface area contributed by atoms with Gasteiger partial charge in [0.15, 0.2) is 0 Å². The van der Waals surface area contributed by atoms with Crippen molar-refractivity contribution in [3.05, 3.63) is 30.1 Å². The van der Waals surface area contributed by atoms with Crippen LogP contribution in [-0.4, -0.2) is 4.98 Å². The fraction of sp³-hybridized carbons (Fsp3) is 0.750. The Hall–Kier alpha value is -0.410. The molecule has 0 aliphatic rings. The van der Waals surface area contributed by atoms with Crippen LogP contribution in [0.3, 0.4) is 0 Å². The average molecular weight is 387 g/mol. The molecule has 0 aliphatic heterocycles. The molecule has 0 unspecified atom stereocenters. The quantitative estimate of drug-likeness (QED) is 0.337. The molecule has 2 nitrogen and oxygen atoms in total. The lowest BCUT2D eigenvalue weighted by Crippen LogP contribution is -1.89. The standard InChI is InChI=1S/C20H35N.BrH.H3N/c1-2-3-4-5-6-7-8-9-10-11-12-13-14-17-20-18-15-16-19-21-20;;/h15-16,18-19H,2-14,17H2,1H3;1H;1H3. The Morgan fingerprint density at radius 3 is 1.61 bits per heavy atom. The number of rotatable bonds is 14. The second-order valence-corrected chi connectivity index (χ2v) is 6.31. The predicted octanol–water partition coefficient (Wildman–Crippen LogP) is 7.46. The van der Waals surface area contributed by atoms with E-state index in [2.05, 4.69) is 24.0 Å². The van der Waals surface area contributed by atoms with Gasteiger partial charge >= 0.3 is 0 Å². The van der Waals surface area contributed by atoms with E-state index in [1.807, 2.05) is 12.3 Å². The minimum absolute atomic E-state index is 0. The number of aryl methyl sites for hydroxylation is 1. The molecule has 23 heavy (non-hydrogen) atoms. The van der Waals surface area contributed by atoms with Crippen LogP contribution in [0.1, 0.15) is 96.1 Å². The summed E-state index contributed by atoms with van der Waals surface area (Å²) >= 11 is 0. The molecule has 3 heteroatoms. The molecule has 0 spiro atoms. The van der Waals surface area contributed by atoms with Gasteiger partial charge in [-0.1, -0.05) is 90.0 Å². The van der Waals surface area contributed by atoms with Crippen molar-refractivity contribution in [3.8, 4) is 0 Å². The molecule has 3 N–H and O–H groups in total. The van der Waals surface area contributed by atoms with Crippen molar-refractivity contribution in [3.63, 3.8) is 0 Å². The van der Waals surface area contributed by atoms with Gasteiger partial charge in [0.2, 0.25) is 0 Å². The number of hydrogen-bond donors (Lipinski definition) is 1. The molecule has 136 valence electrons. The summed E-state index contributed by atoms with van der Waals surface area (Å²) < 4.78 is 0. The summed E-state index contributed by atoms with van der Waals surface area (Å²) in [5.41, 5.74) is 1.25. The third-order valence-electron chi connectivity index (χ3n) is 4.26. The second kappa shape index (κ2) is 19.6. The van der Waals surface area contributed by atoms with Crippen molar-refractivity contribution in [1.82, 2.24) is 11.1 Å². The van der Waals surface area contributed by atoms with Gasteiger partial charge in [-0.2, -0.15) is 0 Å². The molecule has 0 saturated heterocycles. The van der Waals surface area contributed by atoms with Gasteiger partial charge in [0.1, 0.15) is 0 Å². The van der Waals surface area contributed by atoms with Gasteiger partial charge in [-0.05, 0) is 25.0 Å². The Bertz CT molecular complexity index is 317. The molecule has 0 bridgehead atoms. The topological polar surface area (TPSA) is 47.9 Å². The minimum atomic E-state index is 0. The first-order valence-corrected chi connectivity index (χ1v) is 9.33. The van der Waals surface area contributed by atoms with Crippen molar-refractivity contribution in [2.45, 2.75) is 96.8 Å². The van der Waals surface area contributed by atoms with Gasteiger partial charge in [-0.3, -0.25) is 4.98 Å². The van der Waals surface area contributed by atoms with Crippen molar-refractivity contribution in [1.29, 1.82) is 0 Å². The second-order valence-electron chi connectivity index (χ2n) is 6.31. The van der Waals surface area contributed by atoms with Crippen molar-refractivity contribution in [2.24, 2.45) is 0 Å². The van der Waals surface area contributed by atoms with E-state index < -0.39 is 0 Å². The van der Waals surface area contributed by atoms with E-state index in [1.54, 1.807) is 0 Å². The molecule has 0 fully saturated rings. The summed E-state index contributed by atoms with van der Waals surface area (Å²) in [7, 11) is 0. The lowest BCUT2D eigenvalue weighted by Gasteiger charge is -2.03. The smallest absolute Gasteiger partial charge is 0.0403 e. The lowest BCUT2D eigenvalue weighted by atomic mass is 10.0. The van der Waals surface area contributed by atoms with Crippen LogP contribution in [0.4, 0.5) is 0 Å². The van der Waals surface area contributed by atoms with Gasteiger partial charge in [-0.25, -0.2) is 0 Å². The summed E-state index contributed by atoms with van der Waals surface area (Å²) in [5, 5.41) is 0. The van der Waals surface area contributed by atoms with E-state index >= 15 is 0 Å². The van der Waals surface area contributed by atoms with Crippen LogP contribution in [0.15, 0.2) is 24.4 Å². The first-order valence-electron chi connectivity index (χ1n) is 9.33. The normalized spacial score (nSPS) is 9.96. The summed E-state index contributed by atoms with van der Waals surface area (Å²) in [6, 6.07) is 6.22. The van der Waals surface area contributed by atoms with Gasteiger partial charge in [0.25, 0.3) is 0 Å². The third kappa shape index (κ3) is 16.2. The SMILES string of the molecule is Br.CCCCCCCCCCCCCCCc1ccccn1.N. The zero-order valence-electron chi connectivity index (χ0n) is 15.3. The summed E-state index contributed by atoms with van der Waals surface area (Å²) in [6.07, 6.45) is 21.5. The number of nitrogens with zero attached hydrogens (tertiary/aromatic N) is 1. The van der Waals surface area contributed by atoms with Crippen molar-refractivity contribution in [2.75, 3.05) is 0 Å². The van der Waals surface area contributed by atoms with Crippen LogP contribution in [0.5, 0.6) is 0 Å². The molecule has 0 radical (unpaired) electrons. The van der Waals surface area contributed by atoms with Crippen molar-refractivity contribution >= 4 is 17.0 Å². The third-order valence-corrected chi connectivity index (χ3v) is 4.26. The molecule has 0 amide bonds. The van der Waals surface area contributed by atoms with E-state index in [9.17, 15) is 0 Å². The first-order chi connectivity index (χ1) is 10.4. The van der Waals surface area contributed by atoms with Crippen LogP contribution >= 0.6 is 17.0 Å².